The van der Waals surface area contributed by atoms with Crippen molar-refractivity contribution in [3.05, 3.63) is 64.2 Å². The molecule has 128 valence electrons. The number of nitrogens with zero attached hydrogens (tertiary/aromatic N) is 1. The molecule has 0 saturated heterocycles. The first-order valence-electron chi connectivity index (χ1n) is 7.96. The van der Waals surface area contributed by atoms with Crippen LogP contribution in [0.25, 0.3) is 0 Å². The summed E-state index contributed by atoms with van der Waals surface area (Å²) in [6, 6.07) is 12.9. The first-order chi connectivity index (χ1) is 12.0. The highest BCUT2D eigenvalue weighted by atomic mass is 16.6. The number of anilines is 2. The van der Waals surface area contributed by atoms with Gasteiger partial charge in [0, 0.05) is 28.9 Å². The maximum absolute atomic E-state index is 12.1. The van der Waals surface area contributed by atoms with Crippen molar-refractivity contribution in [3.63, 3.8) is 0 Å². The topological polar surface area (TPSA) is 101 Å². The molecule has 0 aliphatic heterocycles. The minimum Gasteiger partial charge on any atom is -0.326 e. The molecule has 0 spiro atoms. The van der Waals surface area contributed by atoms with E-state index in [0.717, 1.165) is 12.8 Å². The summed E-state index contributed by atoms with van der Waals surface area (Å²) >= 11 is 0. The maximum atomic E-state index is 12.1. The molecule has 2 N–H and O–H groups in total. The van der Waals surface area contributed by atoms with Gasteiger partial charge in [0.05, 0.1) is 11.3 Å². The van der Waals surface area contributed by atoms with E-state index >= 15 is 0 Å². The zero-order valence-corrected chi connectivity index (χ0v) is 13.4. The van der Waals surface area contributed by atoms with E-state index in [-0.39, 0.29) is 29.8 Å². The van der Waals surface area contributed by atoms with Gasteiger partial charge in [-0.25, -0.2) is 0 Å². The molecule has 0 aromatic heterocycles. The lowest BCUT2D eigenvalue weighted by Gasteiger charge is -2.08. The van der Waals surface area contributed by atoms with Crippen LogP contribution in [0, 0.1) is 16.0 Å². The fraction of sp³-hybridized carbons (Fsp3) is 0.222. The number of amides is 2. The smallest absolute Gasteiger partial charge is 0.273 e. The van der Waals surface area contributed by atoms with E-state index in [4.69, 9.17) is 0 Å². The standard InChI is InChI=1S/C18H17N3O4/c22-17(11-13-3-1-2-4-16(13)21(24)25)19-14-7-9-15(10-8-14)20-18(23)12-5-6-12/h1-4,7-10,12H,5-6,11H2,(H,19,22)(H,20,23). The summed E-state index contributed by atoms with van der Waals surface area (Å²) < 4.78 is 0. The molecule has 0 bridgehead atoms. The Bertz CT molecular complexity index is 813. The van der Waals surface area contributed by atoms with E-state index in [1.165, 1.54) is 6.07 Å². The molecule has 2 amide bonds. The van der Waals surface area contributed by atoms with Gasteiger partial charge >= 0.3 is 0 Å². The summed E-state index contributed by atoms with van der Waals surface area (Å²) in [7, 11) is 0. The van der Waals surface area contributed by atoms with Crippen LogP contribution < -0.4 is 10.6 Å². The summed E-state index contributed by atoms with van der Waals surface area (Å²) in [4.78, 5) is 34.3. The number of rotatable bonds is 6. The van der Waals surface area contributed by atoms with Crippen molar-refractivity contribution < 1.29 is 14.5 Å². The molecule has 1 aliphatic carbocycles. The molecular formula is C18H17N3O4. The van der Waals surface area contributed by atoms with Crippen molar-refractivity contribution in [1.82, 2.24) is 0 Å². The van der Waals surface area contributed by atoms with E-state index < -0.39 is 4.92 Å². The summed E-state index contributed by atoms with van der Waals surface area (Å²) in [5.41, 5.74) is 1.52. The summed E-state index contributed by atoms with van der Waals surface area (Å²) in [5, 5.41) is 16.5. The summed E-state index contributed by atoms with van der Waals surface area (Å²) in [6.07, 6.45) is 1.79. The first-order valence-corrected chi connectivity index (χ1v) is 7.96. The Kier molecular flexibility index (Phi) is 4.74. The van der Waals surface area contributed by atoms with Crippen LogP contribution in [0.3, 0.4) is 0 Å². The van der Waals surface area contributed by atoms with Crippen LogP contribution in [0.5, 0.6) is 0 Å². The van der Waals surface area contributed by atoms with Gasteiger partial charge in [-0.05, 0) is 37.1 Å². The number of para-hydroxylation sites is 1. The number of nitro benzene ring substituents is 1. The van der Waals surface area contributed by atoms with Crippen LogP contribution in [0.4, 0.5) is 17.1 Å². The second-order valence-electron chi connectivity index (χ2n) is 5.95. The number of nitrogens with one attached hydrogen (secondary N) is 2. The largest absolute Gasteiger partial charge is 0.326 e. The van der Waals surface area contributed by atoms with Gasteiger partial charge in [0.25, 0.3) is 5.69 Å². The zero-order valence-electron chi connectivity index (χ0n) is 13.4. The van der Waals surface area contributed by atoms with E-state index in [9.17, 15) is 19.7 Å². The Morgan fingerprint density at radius 3 is 2.20 bits per heavy atom. The number of hydrogen-bond acceptors (Lipinski definition) is 4. The zero-order chi connectivity index (χ0) is 17.8. The lowest BCUT2D eigenvalue weighted by molar-refractivity contribution is -0.385. The van der Waals surface area contributed by atoms with Gasteiger partial charge in [-0.1, -0.05) is 18.2 Å². The Labute approximate surface area is 144 Å². The summed E-state index contributed by atoms with van der Waals surface area (Å²) in [6.45, 7) is 0. The predicted molar refractivity (Wildman–Crippen MR) is 93.2 cm³/mol. The van der Waals surface area contributed by atoms with Gasteiger partial charge < -0.3 is 10.6 Å². The van der Waals surface area contributed by atoms with Gasteiger partial charge in [-0.15, -0.1) is 0 Å². The summed E-state index contributed by atoms with van der Waals surface area (Å²) in [5.74, 6) is -0.196. The van der Waals surface area contributed by atoms with Crippen molar-refractivity contribution in [2.45, 2.75) is 19.3 Å². The lowest BCUT2D eigenvalue weighted by Crippen LogP contribution is -2.16. The molecule has 2 aromatic carbocycles. The first kappa shape index (κ1) is 16.6. The van der Waals surface area contributed by atoms with Crippen LogP contribution in [0.15, 0.2) is 48.5 Å². The van der Waals surface area contributed by atoms with Crippen molar-refractivity contribution in [2.75, 3.05) is 10.6 Å². The highest BCUT2D eigenvalue weighted by molar-refractivity contribution is 5.95. The van der Waals surface area contributed by atoms with Gasteiger partial charge in [0.1, 0.15) is 0 Å². The third kappa shape index (κ3) is 4.41. The van der Waals surface area contributed by atoms with Gasteiger partial charge in [0.15, 0.2) is 0 Å². The highest BCUT2D eigenvalue weighted by Gasteiger charge is 2.29. The second-order valence-corrected chi connectivity index (χ2v) is 5.95. The molecule has 1 saturated carbocycles. The van der Waals surface area contributed by atoms with Crippen molar-refractivity contribution in [3.8, 4) is 0 Å². The van der Waals surface area contributed by atoms with E-state index in [2.05, 4.69) is 10.6 Å². The van der Waals surface area contributed by atoms with E-state index in [0.29, 0.717) is 16.9 Å². The minimum absolute atomic E-state index is 0.0215. The van der Waals surface area contributed by atoms with Crippen LogP contribution in [0.2, 0.25) is 0 Å². The maximum Gasteiger partial charge on any atom is 0.273 e. The fourth-order valence-corrected chi connectivity index (χ4v) is 2.44. The Morgan fingerprint density at radius 2 is 1.60 bits per heavy atom. The molecule has 0 atom stereocenters. The minimum atomic E-state index is -0.500. The average Bonchev–Trinajstić information content (AvgIpc) is 3.42. The molecule has 0 radical (unpaired) electrons. The monoisotopic (exact) mass is 339 g/mol. The van der Waals surface area contributed by atoms with E-state index in [1.54, 1.807) is 42.5 Å². The molecule has 7 heteroatoms. The lowest BCUT2D eigenvalue weighted by atomic mass is 10.1. The third-order valence-electron chi connectivity index (χ3n) is 3.92. The van der Waals surface area contributed by atoms with Crippen molar-refractivity contribution in [2.24, 2.45) is 5.92 Å². The molecule has 2 aromatic rings. The van der Waals surface area contributed by atoms with Crippen molar-refractivity contribution >= 4 is 28.9 Å². The second kappa shape index (κ2) is 7.12. The van der Waals surface area contributed by atoms with Gasteiger partial charge in [-0.3, -0.25) is 19.7 Å². The SMILES string of the molecule is O=C(Cc1ccccc1[N+](=O)[O-])Nc1ccc(NC(=O)C2CC2)cc1. The molecule has 25 heavy (non-hydrogen) atoms. The van der Waals surface area contributed by atoms with Gasteiger partial charge in [-0.2, -0.15) is 0 Å². The fourth-order valence-electron chi connectivity index (χ4n) is 2.44. The van der Waals surface area contributed by atoms with Crippen LogP contribution >= 0.6 is 0 Å². The molecule has 1 aliphatic rings. The van der Waals surface area contributed by atoms with Crippen LogP contribution in [-0.2, 0) is 16.0 Å². The van der Waals surface area contributed by atoms with Crippen LogP contribution in [0.1, 0.15) is 18.4 Å². The number of hydrogen-bond donors (Lipinski definition) is 2. The van der Waals surface area contributed by atoms with E-state index in [1.807, 2.05) is 0 Å². The molecular weight excluding hydrogens is 322 g/mol. The Hall–Kier alpha value is -3.22. The average molecular weight is 339 g/mol. The van der Waals surface area contributed by atoms with Gasteiger partial charge in [0.2, 0.25) is 11.8 Å². The number of carbonyl (C=O) groups is 2. The van der Waals surface area contributed by atoms with Crippen molar-refractivity contribution in [1.29, 1.82) is 0 Å². The highest BCUT2D eigenvalue weighted by Crippen LogP contribution is 2.30. The van der Waals surface area contributed by atoms with Crippen LogP contribution in [-0.4, -0.2) is 16.7 Å². The quantitative estimate of drug-likeness (QED) is 0.623. The Morgan fingerprint density at radius 1 is 1.00 bits per heavy atom. The number of nitro groups is 1. The molecule has 3 rings (SSSR count). The molecule has 1 fully saturated rings. The predicted octanol–water partition coefficient (Wildman–Crippen LogP) is 3.12. The molecule has 0 unspecified atom stereocenters. The number of carbonyl (C=O) groups excluding carboxylic acids is 2. The Balaban J connectivity index is 1.59. The molecule has 0 heterocycles. The number of benzene rings is 2. The third-order valence-corrected chi connectivity index (χ3v) is 3.92. The molecule has 7 nitrogen and oxygen atoms in total. The normalized spacial score (nSPS) is 13.1.